The fourth-order valence-electron chi connectivity index (χ4n) is 3.42. The van der Waals surface area contributed by atoms with Gasteiger partial charge >= 0.3 is 0 Å². The van der Waals surface area contributed by atoms with Crippen molar-refractivity contribution in [2.24, 2.45) is 0 Å². The van der Waals surface area contributed by atoms with Crippen molar-refractivity contribution < 1.29 is 9.53 Å². The van der Waals surface area contributed by atoms with Gasteiger partial charge in [-0.1, -0.05) is 12.1 Å². The normalized spacial score (nSPS) is 22.9. The Kier molecular flexibility index (Phi) is 5.55. The highest BCUT2D eigenvalue weighted by molar-refractivity contribution is 7.99. The van der Waals surface area contributed by atoms with Gasteiger partial charge in [0, 0.05) is 31.9 Å². The van der Waals surface area contributed by atoms with E-state index in [4.69, 9.17) is 4.74 Å². The average Bonchev–Trinajstić information content (AvgIpc) is 2.95. The molecule has 1 unspecified atom stereocenters. The van der Waals surface area contributed by atoms with Gasteiger partial charge in [0.2, 0.25) is 0 Å². The molecule has 25 heavy (non-hydrogen) atoms. The van der Waals surface area contributed by atoms with Crippen LogP contribution in [-0.2, 0) is 4.74 Å². The molecule has 2 saturated heterocycles. The molecule has 1 aromatic carbocycles. The molecule has 1 amide bonds. The monoisotopic (exact) mass is 377 g/mol. The summed E-state index contributed by atoms with van der Waals surface area (Å²) in [5, 5.41) is 0.625. The summed E-state index contributed by atoms with van der Waals surface area (Å²) in [6.07, 6.45) is 1.06. The van der Waals surface area contributed by atoms with Crippen molar-refractivity contribution in [1.29, 1.82) is 0 Å². The average molecular weight is 378 g/mol. The van der Waals surface area contributed by atoms with Gasteiger partial charge in [-0.25, -0.2) is 4.98 Å². The summed E-state index contributed by atoms with van der Waals surface area (Å²) < 4.78 is 6.54. The molecule has 0 radical (unpaired) electrons. The molecule has 5 nitrogen and oxygen atoms in total. The largest absolute Gasteiger partial charge is 0.379 e. The quantitative estimate of drug-likeness (QED) is 0.823. The second-order valence-electron chi connectivity index (χ2n) is 6.48. The number of fused-ring (bicyclic) bond motifs is 1. The number of nitrogens with zero attached hydrogens (tertiary/aromatic N) is 3. The summed E-state index contributed by atoms with van der Waals surface area (Å²) in [4.78, 5) is 22.3. The van der Waals surface area contributed by atoms with Gasteiger partial charge in [-0.2, -0.15) is 11.8 Å². The third-order valence-electron chi connectivity index (χ3n) is 4.75. The zero-order chi connectivity index (χ0) is 17.1. The van der Waals surface area contributed by atoms with Crippen LogP contribution in [0.4, 0.5) is 0 Å². The summed E-state index contributed by atoms with van der Waals surface area (Å²) in [6.45, 7) is 5.29. The Bertz CT molecular complexity index is 697. The predicted octanol–water partition coefficient (Wildman–Crippen LogP) is 2.58. The molecular formula is C18H23N3O2S2. The van der Waals surface area contributed by atoms with Gasteiger partial charge in [0.1, 0.15) is 0 Å². The molecule has 3 heterocycles. The van der Waals surface area contributed by atoms with E-state index >= 15 is 0 Å². The number of benzene rings is 1. The molecule has 2 aromatic rings. The molecule has 0 spiro atoms. The summed E-state index contributed by atoms with van der Waals surface area (Å²) in [5.74, 6) is 2.24. The van der Waals surface area contributed by atoms with Crippen molar-refractivity contribution in [3.63, 3.8) is 0 Å². The number of para-hydroxylation sites is 1. The van der Waals surface area contributed by atoms with E-state index in [0.29, 0.717) is 5.01 Å². The van der Waals surface area contributed by atoms with Gasteiger partial charge in [-0.15, -0.1) is 11.3 Å². The van der Waals surface area contributed by atoms with Gasteiger partial charge in [0.25, 0.3) is 5.91 Å². The number of thiazole rings is 1. The second-order valence-corrected chi connectivity index (χ2v) is 8.66. The minimum Gasteiger partial charge on any atom is -0.379 e. The number of hydrogen-bond donors (Lipinski definition) is 0. The van der Waals surface area contributed by atoms with Crippen molar-refractivity contribution in [2.45, 2.75) is 12.5 Å². The number of ether oxygens (including phenoxy) is 1. The molecular weight excluding hydrogens is 354 g/mol. The number of morpholine rings is 1. The van der Waals surface area contributed by atoms with Crippen molar-refractivity contribution in [1.82, 2.24) is 14.8 Å². The third-order valence-corrected chi connectivity index (χ3v) is 6.97. The molecule has 2 fully saturated rings. The summed E-state index contributed by atoms with van der Waals surface area (Å²) in [5.41, 5.74) is 0.921. The van der Waals surface area contributed by atoms with E-state index in [0.717, 1.165) is 67.5 Å². The number of rotatable bonds is 3. The summed E-state index contributed by atoms with van der Waals surface area (Å²) >= 11 is 3.48. The van der Waals surface area contributed by atoms with E-state index in [2.05, 4.69) is 14.8 Å². The second kappa shape index (κ2) is 8.03. The van der Waals surface area contributed by atoms with Crippen LogP contribution in [0.5, 0.6) is 0 Å². The van der Waals surface area contributed by atoms with E-state index in [1.54, 1.807) is 0 Å². The zero-order valence-electron chi connectivity index (χ0n) is 14.2. The van der Waals surface area contributed by atoms with Crippen LogP contribution in [0, 0.1) is 0 Å². The van der Waals surface area contributed by atoms with Crippen molar-refractivity contribution in [2.75, 3.05) is 50.9 Å². The Morgan fingerprint density at radius 2 is 2.08 bits per heavy atom. The number of amides is 1. The maximum atomic E-state index is 13.2. The predicted molar refractivity (Wildman–Crippen MR) is 104 cm³/mol. The van der Waals surface area contributed by atoms with E-state index in [9.17, 15) is 4.79 Å². The van der Waals surface area contributed by atoms with Gasteiger partial charge in [-0.3, -0.25) is 9.69 Å². The standard InChI is InChI=1S/C18H23N3O2S2/c22-18(17-19-15-4-1-2-5-16(15)25-17)21-6-3-11-24-13-14(21)12-20-7-9-23-10-8-20/h1-2,4-5,14H,3,6-13H2. The Balaban J connectivity index is 1.54. The van der Waals surface area contributed by atoms with Crippen LogP contribution in [-0.4, -0.2) is 77.6 Å². The first-order valence-corrected chi connectivity index (χ1v) is 10.8. The highest BCUT2D eigenvalue weighted by atomic mass is 32.2. The molecule has 0 aliphatic carbocycles. The van der Waals surface area contributed by atoms with E-state index in [-0.39, 0.29) is 11.9 Å². The summed E-state index contributed by atoms with van der Waals surface area (Å²) in [6, 6.07) is 8.24. The van der Waals surface area contributed by atoms with Crippen LogP contribution >= 0.6 is 23.1 Å². The van der Waals surface area contributed by atoms with Gasteiger partial charge in [0.05, 0.1) is 29.5 Å². The lowest BCUT2D eigenvalue weighted by molar-refractivity contribution is 0.0245. The maximum absolute atomic E-state index is 13.2. The van der Waals surface area contributed by atoms with Crippen LogP contribution in [0.1, 0.15) is 16.2 Å². The summed E-state index contributed by atoms with van der Waals surface area (Å²) in [7, 11) is 0. The Morgan fingerprint density at radius 3 is 2.92 bits per heavy atom. The van der Waals surface area contributed by atoms with Crippen molar-refractivity contribution in [3.8, 4) is 0 Å². The topological polar surface area (TPSA) is 45.7 Å². The molecule has 7 heteroatoms. The fraction of sp³-hybridized carbons (Fsp3) is 0.556. The number of carbonyl (C=O) groups excluding carboxylic acids is 1. The van der Waals surface area contributed by atoms with Crippen LogP contribution in [0.3, 0.4) is 0 Å². The first-order valence-electron chi connectivity index (χ1n) is 8.85. The number of carbonyl (C=O) groups is 1. The zero-order valence-corrected chi connectivity index (χ0v) is 15.9. The van der Waals surface area contributed by atoms with Gasteiger partial charge < -0.3 is 9.64 Å². The molecule has 1 atom stereocenters. The lowest BCUT2D eigenvalue weighted by Gasteiger charge is -2.35. The molecule has 1 aromatic heterocycles. The van der Waals surface area contributed by atoms with Gasteiger partial charge in [0.15, 0.2) is 5.01 Å². The van der Waals surface area contributed by atoms with Crippen molar-refractivity contribution >= 4 is 39.2 Å². The van der Waals surface area contributed by atoms with E-state index in [1.165, 1.54) is 11.3 Å². The van der Waals surface area contributed by atoms with Gasteiger partial charge in [-0.05, 0) is 24.3 Å². The highest BCUT2D eigenvalue weighted by Crippen LogP contribution is 2.25. The number of hydrogen-bond acceptors (Lipinski definition) is 6. The maximum Gasteiger partial charge on any atom is 0.283 e. The highest BCUT2D eigenvalue weighted by Gasteiger charge is 2.30. The molecule has 2 aliphatic heterocycles. The molecule has 0 saturated carbocycles. The lowest BCUT2D eigenvalue weighted by Crippen LogP contribution is -2.50. The van der Waals surface area contributed by atoms with E-state index < -0.39 is 0 Å². The van der Waals surface area contributed by atoms with Crippen molar-refractivity contribution in [3.05, 3.63) is 29.3 Å². The molecule has 0 bridgehead atoms. The SMILES string of the molecule is O=C(c1nc2ccccc2s1)N1CCCSCC1CN1CCOCC1. The van der Waals surface area contributed by atoms with Crippen LogP contribution in [0.25, 0.3) is 10.2 Å². The van der Waals surface area contributed by atoms with E-state index in [1.807, 2.05) is 36.0 Å². The number of aromatic nitrogens is 1. The lowest BCUT2D eigenvalue weighted by atomic mass is 10.2. The minimum absolute atomic E-state index is 0.0990. The Hall–Kier alpha value is -1.15. The first-order chi connectivity index (χ1) is 12.3. The van der Waals surface area contributed by atoms with Crippen LogP contribution < -0.4 is 0 Å². The molecule has 134 valence electrons. The minimum atomic E-state index is 0.0990. The third kappa shape index (κ3) is 4.00. The Labute approximate surface area is 156 Å². The smallest absolute Gasteiger partial charge is 0.283 e. The van der Waals surface area contributed by atoms with Crippen LogP contribution in [0.15, 0.2) is 24.3 Å². The Morgan fingerprint density at radius 1 is 1.24 bits per heavy atom. The molecule has 0 N–H and O–H groups in total. The van der Waals surface area contributed by atoms with Crippen LogP contribution in [0.2, 0.25) is 0 Å². The fourth-order valence-corrected chi connectivity index (χ4v) is 5.39. The molecule has 4 rings (SSSR count). The molecule has 2 aliphatic rings. The number of thioether (sulfide) groups is 1. The first kappa shape index (κ1) is 17.3.